The lowest BCUT2D eigenvalue weighted by Gasteiger charge is -2.37. The van der Waals surface area contributed by atoms with Gasteiger partial charge < -0.3 is 37.5 Å². The largest absolute Gasteiger partial charge is 0.497 e. The van der Waals surface area contributed by atoms with Crippen molar-refractivity contribution in [1.82, 2.24) is 4.67 Å². The predicted molar refractivity (Wildman–Crippen MR) is 232 cm³/mol. The van der Waals surface area contributed by atoms with E-state index in [-0.39, 0.29) is 31.2 Å². The number of benzene rings is 4. The van der Waals surface area contributed by atoms with Gasteiger partial charge in [0.15, 0.2) is 0 Å². The molecule has 2 unspecified atom stereocenters. The highest BCUT2D eigenvalue weighted by Gasteiger charge is 2.30. The summed E-state index contributed by atoms with van der Waals surface area (Å²) < 4.78 is 49.1. The highest BCUT2D eigenvalue weighted by molar-refractivity contribution is 7.44. The van der Waals surface area contributed by atoms with Gasteiger partial charge in [0.05, 0.1) is 59.2 Å². The van der Waals surface area contributed by atoms with Crippen LogP contribution >= 0.6 is 8.53 Å². The lowest BCUT2D eigenvalue weighted by Crippen LogP contribution is -2.35. The second kappa shape index (κ2) is 24.9. The molecule has 0 N–H and O–H groups in total. The molecular weight excluding hydrogens is 783 g/mol. The van der Waals surface area contributed by atoms with Crippen molar-refractivity contribution in [3.8, 4) is 45.6 Å². The topological polar surface area (TPSA) is 135 Å². The highest BCUT2D eigenvalue weighted by Crippen LogP contribution is 2.48. The van der Waals surface area contributed by atoms with Crippen molar-refractivity contribution in [3.05, 3.63) is 102 Å². The second-order valence-electron chi connectivity index (χ2n) is 14.5. The fourth-order valence-corrected chi connectivity index (χ4v) is 8.29. The van der Waals surface area contributed by atoms with Crippen LogP contribution < -0.4 is 14.2 Å². The summed E-state index contributed by atoms with van der Waals surface area (Å²) in [6, 6.07) is 31.7. The molecule has 0 heterocycles. The van der Waals surface area contributed by atoms with Crippen LogP contribution in [0.25, 0.3) is 22.3 Å². The van der Waals surface area contributed by atoms with Crippen LogP contribution in [0.5, 0.6) is 17.2 Å². The van der Waals surface area contributed by atoms with Crippen molar-refractivity contribution < 1.29 is 47.1 Å². The van der Waals surface area contributed by atoms with Gasteiger partial charge in [-0.2, -0.15) is 5.26 Å². The SMILES string of the molecule is COc1ccc(-c2cccc(COCC(CCCCOc3ccc(C(OC(C)=O)OC(C)=O)cc3)OP(OCCC#N)N(C(C)C)C(C)C)c2-c2ccc(OC)cc2)cc1. The molecule has 60 heavy (non-hydrogen) atoms. The van der Waals surface area contributed by atoms with E-state index in [9.17, 15) is 14.9 Å². The Morgan fingerprint density at radius 3 is 1.87 bits per heavy atom. The van der Waals surface area contributed by atoms with Crippen molar-refractivity contribution in [2.75, 3.05) is 34.0 Å². The van der Waals surface area contributed by atoms with E-state index in [1.807, 2.05) is 24.3 Å². The molecule has 0 saturated carbocycles. The molecule has 0 radical (unpaired) electrons. The number of nitriles is 1. The van der Waals surface area contributed by atoms with E-state index < -0.39 is 26.8 Å². The first-order valence-corrected chi connectivity index (χ1v) is 21.4. The van der Waals surface area contributed by atoms with Crippen molar-refractivity contribution in [3.63, 3.8) is 0 Å². The van der Waals surface area contributed by atoms with Gasteiger partial charge in [-0.15, -0.1) is 0 Å². The zero-order chi connectivity index (χ0) is 43.4. The van der Waals surface area contributed by atoms with Crippen molar-refractivity contribution in [2.24, 2.45) is 0 Å². The van der Waals surface area contributed by atoms with Gasteiger partial charge in [-0.05, 0) is 123 Å². The molecule has 0 spiro atoms. The van der Waals surface area contributed by atoms with Crippen LogP contribution in [0.4, 0.5) is 0 Å². The Bertz CT molecular complexity index is 1930. The van der Waals surface area contributed by atoms with Crippen LogP contribution in [0.1, 0.15) is 84.6 Å². The van der Waals surface area contributed by atoms with Crippen LogP contribution in [-0.4, -0.2) is 68.8 Å². The molecule has 0 bridgehead atoms. The maximum absolute atomic E-state index is 11.5. The first-order valence-electron chi connectivity index (χ1n) is 20.2. The molecule has 4 aromatic rings. The number of rotatable bonds is 25. The van der Waals surface area contributed by atoms with Gasteiger partial charge in [-0.3, -0.25) is 9.59 Å². The maximum atomic E-state index is 11.5. The number of carbonyl (C=O) groups is 2. The number of carbonyl (C=O) groups excluding carboxylic acids is 2. The van der Waals surface area contributed by atoms with E-state index in [0.29, 0.717) is 37.6 Å². The number of unbranched alkanes of at least 4 members (excludes halogenated alkanes) is 1. The minimum absolute atomic E-state index is 0.144. The molecule has 322 valence electrons. The second-order valence-corrected chi connectivity index (χ2v) is 16.0. The van der Waals surface area contributed by atoms with Crippen LogP contribution in [0.2, 0.25) is 0 Å². The lowest BCUT2D eigenvalue weighted by molar-refractivity contribution is -0.186. The van der Waals surface area contributed by atoms with Crippen molar-refractivity contribution >= 4 is 20.5 Å². The molecule has 0 aromatic heterocycles. The first-order chi connectivity index (χ1) is 28.9. The Balaban J connectivity index is 1.51. The first kappa shape index (κ1) is 47.7. The summed E-state index contributed by atoms with van der Waals surface area (Å²) in [5, 5.41) is 9.28. The molecule has 0 aliphatic heterocycles. The van der Waals surface area contributed by atoms with E-state index in [2.05, 4.69) is 80.9 Å². The van der Waals surface area contributed by atoms with Gasteiger partial charge in [-0.25, -0.2) is 4.67 Å². The molecule has 4 rings (SSSR count). The minimum Gasteiger partial charge on any atom is -0.497 e. The third-order valence-electron chi connectivity index (χ3n) is 9.28. The third kappa shape index (κ3) is 14.9. The molecule has 0 amide bonds. The number of hydrogen-bond donors (Lipinski definition) is 0. The Kier molecular flexibility index (Phi) is 19.8. The number of nitrogens with zero attached hydrogens (tertiary/aromatic N) is 2. The summed E-state index contributed by atoms with van der Waals surface area (Å²) in [5.41, 5.74) is 5.77. The molecule has 0 aliphatic rings. The van der Waals surface area contributed by atoms with Gasteiger partial charge in [-0.1, -0.05) is 42.5 Å². The molecule has 2 atom stereocenters. The lowest BCUT2D eigenvalue weighted by atomic mass is 9.90. The van der Waals surface area contributed by atoms with E-state index in [1.54, 1.807) is 38.5 Å². The fraction of sp³-hybridized carbons (Fsp3) is 0.426. The summed E-state index contributed by atoms with van der Waals surface area (Å²) in [5.74, 6) is 1.07. The summed E-state index contributed by atoms with van der Waals surface area (Å²) in [6.07, 6.45) is 1.02. The monoisotopic (exact) mass is 842 g/mol. The Labute approximate surface area is 356 Å². The number of esters is 2. The molecule has 12 nitrogen and oxygen atoms in total. The molecule has 0 aliphatic carbocycles. The maximum Gasteiger partial charge on any atom is 0.305 e. The highest BCUT2D eigenvalue weighted by atomic mass is 31.2. The van der Waals surface area contributed by atoms with Gasteiger partial charge in [0, 0.05) is 31.5 Å². The Morgan fingerprint density at radius 1 is 0.733 bits per heavy atom. The minimum atomic E-state index is -1.51. The van der Waals surface area contributed by atoms with Gasteiger partial charge in [0.1, 0.15) is 17.2 Å². The molecule has 13 heteroatoms. The summed E-state index contributed by atoms with van der Waals surface area (Å²) in [6.45, 7) is 12.3. The van der Waals surface area contributed by atoms with Crippen LogP contribution in [0, 0.1) is 11.3 Å². The zero-order valence-electron chi connectivity index (χ0n) is 36.1. The molecule has 4 aromatic carbocycles. The van der Waals surface area contributed by atoms with Crippen LogP contribution in [0.15, 0.2) is 91.0 Å². The van der Waals surface area contributed by atoms with Crippen molar-refractivity contribution in [1.29, 1.82) is 5.26 Å². The summed E-state index contributed by atoms with van der Waals surface area (Å²) >= 11 is 0. The number of methoxy groups -OCH3 is 2. The molecular formula is C47H59N2O10P. The summed E-state index contributed by atoms with van der Waals surface area (Å²) in [4.78, 5) is 23.1. The standard InChI is InChI=1S/C47H59N2O10P/c1-33(2)49(34(3)4)60(56-30-12-28-48)59-44(14-9-10-29-55-43-26-20-39(21-27-43)47(57-35(5)50)58-36(6)51)32-54-31-40-13-11-15-45(37-16-22-41(52-7)23-17-37)46(40)38-18-24-42(53-8)25-19-38/h11,13,15-27,33-34,44,47H,9-10,12,14,29-32H2,1-8H3. The normalized spacial score (nSPS) is 12.3. The van der Waals surface area contributed by atoms with E-state index in [4.69, 9.17) is 37.5 Å². The van der Waals surface area contributed by atoms with Crippen molar-refractivity contribution in [2.45, 2.75) is 98.3 Å². The Hall–Kier alpha value is -5.02. The van der Waals surface area contributed by atoms with E-state index in [1.165, 1.54) is 13.8 Å². The van der Waals surface area contributed by atoms with Gasteiger partial charge in [0.2, 0.25) is 0 Å². The Morgan fingerprint density at radius 2 is 1.32 bits per heavy atom. The van der Waals surface area contributed by atoms with E-state index in [0.717, 1.165) is 52.2 Å². The van der Waals surface area contributed by atoms with Gasteiger partial charge >= 0.3 is 11.9 Å². The summed E-state index contributed by atoms with van der Waals surface area (Å²) in [7, 11) is 1.81. The molecule has 0 saturated heterocycles. The van der Waals surface area contributed by atoms with Gasteiger partial charge in [0.25, 0.3) is 14.8 Å². The smallest absolute Gasteiger partial charge is 0.305 e. The third-order valence-corrected chi connectivity index (χ3v) is 11.5. The van der Waals surface area contributed by atoms with E-state index >= 15 is 0 Å². The quantitative estimate of drug-likeness (QED) is 0.0272. The molecule has 0 fully saturated rings. The number of hydrogen-bond acceptors (Lipinski definition) is 12. The fourth-order valence-electron chi connectivity index (χ4n) is 6.57. The number of ether oxygens (including phenoxy) is 6. The van der Waals surface area contributed by atoms with Crippen LogP contribution in [0.3, 0.4) is 0 Å². The average Bonchev–Trinajstić information content (AvgIpc) is 3.23. The predicted octanol–water partition coefficient (Wildman–Crippen LogP) is 10.6. The zero-order valence-corrected chi connectivity index (χ0v) is 36.9. The van der Waals surface area contributed by atoms with Crippen LogP contribution in [-0.2, 0) is 39.5 Å². The average molecular weight is 843 g/mol.